The lowest BCUT2D eigenvalue weighted by Gasteiger charge is -2.16. The third-order valence-corrected chi connectivity index (χ3v) is 5.09. The first-order valence-electron chi connectivity index (χ1n) is 6.92. The minimum absolute atomic E-state index is 0.455. The van der Waals surface area contributed by atoms with Crippen LogP contribution in [-0.4, -0.2) is 87.7 Å². The summed E-state index contributed by atoms with van der Waals surface area (Å²) in [5, 5.41) is 0. The summed E-state index contributed by atoms with van der Waals surface area (Å²) in [7, 11) is 7.83. The number of carbonyl (C=O) groups is 2. The highest BCUT2D eigenvalue weighted by Crippen LogP contribution is 2.20. The van der Waals surface area contributed by atoms with Crippen LogP contribution in [0.2, 0.25) is 0 Å². The van der Waals surface area contributed by atoms with Crippen molar-refractivity contribution in [3.05, 3.63) is 0 Å². The first kappa shape index (κ1) is 20.6. The van der Waals surface area contributed by atoms with Crippen molar-refractivity contribution in [3.63, 3.8) is 0 Å². The fourth-order valence-electron chi connectivity index (χ4n) is 1.45. The lowest BCUT2D eigenvalue weighted by molar-refractivity contribution is -0.129. The molecule has 8 heteroatoms. The summed E-state index contributed by atoms with van der Waals surface area (Å²) in [6.07, 6.45) is 0.876. The molecule has 0 rings (SSSR count). The molecule has 0 N–H and O–H groups in total. The summed E-state index contributed by atoms with van der Waals surface area (Å²) in [6.45, 7) is 5.66. The lowest BCUT2D eigenvalue weighted by Crippen LogP contribution is -2.25. The van der Waals surface area contributed by atoms with Gasteiger partial charge >= 0.3 is 0 Å². The van der Waals surface area contributed by atoms with Crippen molar-refractivity contribution >= 4 is 34.5 Å². The van der Waals surface area contributed by atoms with Crippen molar-refractivity contribution in [2.24, 2.45) is 0 Å². The quantitative estimate of drug-likeness (QED) is 0.234. The highest BCUT2D eigenvalue weighted by atomic mass is 33.1. The summed E-state index contributed by atoms with van der Waals surface area (Å²) in [4.78, 5) is 24.4. The Kier molecular flexibility index (Phi) is 15.6. The SMILES string of the molecule is CN(CCCOC=O)CCSSCCN(C)CCOC=O. The number of rotatable bonds is 16. The standard InChI is InChI=1S/C13H26N2O4S2/c1-14(4-3-8-18-12-16)6-10-20-21-11-7-15(2)5-9-19-13-17/h12-13H,3-11H2,1-2H3. The first-order chi connectivity index (χ1) is 10.2. The Bertz CT molecular complexity index is 260. The van der Waals surface area contributed by atoms with Crippen molar-refractivity contribution in [1.82, 2.24) is 9.80 Å². The molecule has 0 heterocycles. The van der Waals surface area contributed by atoms with Crippen molar-refractivity contribution in [2.75, 3.05) is 65.0 Å². The second kappa shape index (κ2) is 15.9. The van der Waals surface area contributed by atoms with Gasteiger partial charge in [0.15, 0.2) is 0 Å². The zero-order valence-electron chi connectivity index (χ0n) is 12.9. The van der Waals surface area contributed by atoms with Crippen LogP contribution < -0.4 is 0 Å². The van der Waals surface area contributed by atoms with Crippen LogP contribution in [0, 0.1) is 0 Å². The van der Waals surface area contributed by atoms with Crippen LogP contribution in [-0.2, 0) is 19.1 Å². The maximum Gasteiger partial charge on any atom is 0.293 e. The molecular weight excluding hydrogens is 312 g/mol. The highest BCUT2D eigenvalue weighted by Gasteiger charge is 2.01. The molecule has 0 bridgehead atoms. The third kappa shape index (κ3) is 15.8. The molecule has 0 aliphatic rings. The smallest absolute Gasteiger partial charge is 0.293 e. The predicted molar refractivity (Wildman–Crippen MR) is 88.6 cm³/mol. The molecule has 0 amide bonds. The van der Waals surface area contributed by atoms with E-state index in [4.69, 9.17) is 0 Å². The summed E-state index contributed by atoms with van der Waals surface area (Å²) < 4.78 is 9.30. The largest absolute Gasteiger partial charge is 0.468 e. The van der Waals surface area contributed by atoms with Gasteiger partial charge in [-0.25, -0.2) is 0 Å². The van der Waals surface area contributed by atoms with Crippen LogP contribution in [0.5, 0.6) is 0 Å². The molecule has 0 saturated heterocycles. The van der Waals surface area contributed by atoms with Gasteiger partial charge in [0.05, 0.1) is 6.61 Å². The van der Waals surface area contributed by atoms with Crippen LogP contribution in [0.3, 0.4) is 0 Å². The minimum atomic E-state index is 0.455. The van der Waals surface area contributed by atoms with Gasteiger partial charge in [-0.2, -0.15) is 0 Å². The summed E-state index contributed by atoms with van der Waals surface area (Å²) >= 11 is 0. The summed E-state index contributed by atoms with van der Waals surface area (Å²) in [6, 6.07) is 0. The average molecular weight is 338 g/mol. The van der Waals surface area contributed by atoms with Crippen molar-refractivity contribution in [3.8, 4) is 0 Å². The lowest BCUT2D eigenvalue weighted by atomic mass is 10.4. The average Bonchev–Trinajstić information content (AvgIpc) is 2.47. The van der Waals surface area contributed by atoms with E-state index in [0.717, 1.165) is 44.1 Å². The van der Waals surface area contributed by atoms with Gasteiger partial charge in [0, 0.05) is 37.7 Å². The zero-order valence-corrected chi connectivity index (χ0v) is 14.5. The van der Waals surface area contributed by atoms with Gasteiger partial charge in [-0.05, 0) is 20.5 Å². The Labute approximate surface area is 135 Å². The molecule has 124 valence electrons. The Morgan fingerprint density at radius 2 is 1.33 bits per heavy atom. The maximum atomic E-state index is 10.00. The summed E-state index contributed by atoms with van der Waals surface area (Å²) in [5.74, 6) is 2.13. The van der Waals surface area contributed by atoms with Crippen molar-refractivity contribution in [1.29, 1.82) is 0 Å². The topological polar surface area (TPSA) is 59.1 Å². The molecule has 21 heavy (non-hydrogen) atoms. The molecule has 0 saturated carbocycles. The van der Waals surface area contributed by atoms with Crippen LogP contribution >= 0.6 is 21.6 Å². The Morgan fingerprint density at radius 3 is 1.90 bits per heavy atom. The number of hydrogen-bond acceptors (Lipinski definition) is 8. The van der Waals surface area contributed by atoms with Gasteiger partial charge in [0.25, 0.3) is 12.9 Å². The first-order valence-corrected chi connectivity index (χ1v) is 9.41. The molecule has 0 unspecified atom stereocenters. The Morgan fingerprint density at radius 1 is 0.810 bits per heavy atom. The van der Waals surface area contributed by atoms with Gasteiger partial charge in [-0.1, -0.05) is 21.6 Å². The molecule has 0 aromatic rings. The fourth-order valence-corrected chi connectivity index (χ4v) is 3.61. The number of nitrogens with zero attached hydrogens (tertiary/aromatic N) is 2. The van der Waals surface area contributed by atoms with Gasteiger partial charge in [-0.3, -0.25) is 9.59 Å². The summed E-state index contributed by atoms with van der Waals surface area (Å²) in [5.41, 5.74) is 0. The fraction of sp³-hybridized carbons (Fsp3) is 0.846. The number of likely N-dealkylation sites (N-methyl/N-ethyl adjacent to an activating group) is 1. The monoisotopic (exact) mass is 338 g/mol. The van der Waals surface area contributed by atoms with E-state index >= 15 is 0 Å². The zero-order chi connectivity index (χ0) is 15.8. The van der Waals surface area contributed by atoms with E-state index in [0.29, 0.717) is 26.2 Å². The van der Waals surface area contributed by atoms with Crippen LogP contribution in [0.4, 0.5) is 0 Å². The second-order valence-electron chi connectivity index (χ2n) is 4.54. The molecule has 0 aromatic carbocycles. The highest BCUT2D eigenvalue weighted by molar-refractivity contribution is 8.76. The predicted octanol–water partition coefficient (Wildman–Crippen LogP) is 0.967. The van der Waals surface area contributed by atoms with Crippen LogP contribution in [0.1, 0.15) is 6.42 Å². The van der Waals surface area contributed by atoms with E-state index in [2.05, 4.69) is 26.3 Å². The molecule has 0 aromatic heterocycles. The molecule has 0 aliphatic carbocycles. The molecule has 0 aliphatic heterocycles. The van der Waals surface area contributed by atoms with E-state index in [-0.39, 0.29) is 0 Å². The van der Waals surface area contributed by atoms with E-state index in [1.54, 1.807) is 0 Å². The van der Waals surface area contributed by atoms with Gasteiger partial charge in [-0.15, -0.1) is 0 Å². The van der Waals surface area contributed by atoms with Gasteiger partial charge < -0.3 is 19.3 Å². The third-order valence-electron chi connectivity index (χ3n) is 2.72. The number of carbonyl (C=O) groups excluding carboxylic acids is 2. The maximum absolute atomic E-state index is 10.00. The number of hydrogen-bond donors (Lipinski definition) is 0. The molecule has 0 spiro atoms. The van der Waals surface area contributed by atoms with Crippen molar-refractivity contribution in [2.45, 2.75) is 6.42 Å². The van der Waals surface area contributed by atoms with E-state index < -0.39 is 0 Å². The van der Waals surface area contributed by atoms with Crippen LogP contribution in [0.15, 0.2) is 0 Å². The number of ether oxygens (including phenoxy) is 2. The van der Waals surface area contributed by atoms with E-state index in [1.165, 1.54) is 0 Å². The van der Waals surface area contributed by atoms with Gasteiger partial charge in [0.2, 0.25) is 0 Å². The van der Waals surface area contributed by atoms with Crippen molar-refractivity contribution < 1.29 is 19.1 Å². The molecule has 6 nitrogen and oxygen atoms in total. The molecule has 0 fully saturated rings. The normalized spacial score (nSPS) is 10.9. The molecular formula is C13H26N2O4S2. The molecule has 0 atom stereocenters. The Balaban J connectivity index is 3.26. The molecule has 0 radical (unpaired) electrons. The van der Waals surface area contributed by atoms with Crippen LogP contribution in [0.25, 0.3) is 0 Å². The van der Waals surface area contributed by atoms with E-state index in [9.17, 15) is 9.59 Å². The van der Waals surface area contributed by atoms with E-state index in [1.807, 2.05) is 28.6 Å². The second-order valence-corrected chi connectivity index (χ2v) is 7.24. The Hall–Kier alpha value is -0.440. The minimum Gasteiger partial charge on any atom is -0.468 e. The van der Waals surface area contributed by atoms with Gasteiger partial charge in [0.1, 0.15) is 6.61 Å².